The third kappa shape index (κ3) is 2.43. The molecular formula is C14H18N4. The summed E-state index contributed by atoms with van der Waals surface area (Å²) in [6.07, 6.45) is 5.34. The zero-order chi connectivity index (χ0) is 12.4. The molecule has 0 saturated carbocycles. The molecular weight excluding hydrogens is 224 g/mol. The van der Waals surface area contributed by atoms with Crippen LogP contribution in [0.1, 0.15) is 18.4 Å². The molecule has 1 unspecified atom stereocenters. The van der Waals surface area contributed by atoms with Crippen molar-refractivity contribution in [2.75, 3.05) is 18.8 Å². The predicted molar refractivity (Wildman–Crippen MR) is 73.2 cm³/mol. The molecule has 0 bridgehead atoms. The Bertz CT molecular complexity index is 546. The molecule has 1 saturated heterocycles. The number of aromatic nitrogens is 2. The molecule has 1 aliphatic rings. The SMILES string of the molecule is Nc1cnc2cc(CC3CCCNC3)ccc2n1. The van der Waals surface area contributed by atoms with Gasteiger partial charge in [-0.1, -0.05) is 6.07 Å². The van der Waals surface area contributed by atoms with Gasteiger partial charge in [0.2, 0.25) is 0 Å². The van der Waals surface area contributed by atoms with Crippen molar-refractivity contribution in [3.63, 3.8) is 0 Å². The number of nitrogen functional groups attached to an aromatic ring is 1. The summed E-state index contributed by atoms with van der Waals surface area (Å²) in [5.74, 6) is 1.23. The van der Waals surface area contributed by atoms with E-state index in [1.807, 2.05) is 6.07 Å². The van der Waals surface area contributed by atoms with Gasteiger partial charge in [-0.3, -0.25) is 4.98 Å². The van der Waals surface area contributed by atoms with Crippen LogP contribution in [0.4, 0.5) is 5.82 Å². The molecule has 3 rings (SSSR count). The van der Waals surface area contributed by atoms with Crippen molar-refractivity contribution in [1.29, 1.82) is 0 Å². The summed E-state index contributed by atoms with van der Waals surface area (Å²) in [7, 11) is 0. The molecule has 1 aliphatic heterocycles. The zero-order valence-corrected chi connectivity index (χ0v) is 10.4. The van der Waals surface area contributed by atoms with Gasteiger partial charge in [0.1, 0.15) is 5.82 Å². The van der Waals surface area contributed by atoms with Crippen LogP contribution in [0.2, 0.25) is 0 Å². The molecule has 18 heavy (non-hydrogen) atoms. The second-order valence-corrected chi connectivity index (χ2v) is 5.03. The van der Waals surface area contributed by atoms with Crippen molar-refractivity contribution in [3.05, 3.63) is 30.0 Å². The molecule has 4 nitrogen and oxygen atoms in total. The van der Waals surface area contributed by atoms with Gasteiger partial charge in [0.25, 0.3) is 0 Å². The number of nitrogens with two attached hydrogens (primary N) is 1. The quantitative estimate of drug-likeness (QED) is 0.842. The van der Waals surface area contributed by atoms with Gasteiger partial charge in [-0.25, -0.2) is 4.98 Å². The molecule has 0 radical (unpaired) electrons. The summed E-state index contributed by atoms with van der Waals surface area (Å²) in [6.45, 7) is 2.30. The average molecular weight is 242 g/mol. The first-order valence-electron chi connectivity index (χ1n) is 6.53. The summed E-state index contributed by atoms with van der Waals surface area (Å²) in [4.78, 5) is 8.60. The number of hydrogen-bond acceptors (Lipinski definition) is 4. The van der Waals surface area contributed by atoms with Crippen molar-refractivity contribution >= 4 is 16.9 Å². The van der Waals surface area contributed by atoms with Gasteiger partial charge in [0, 0.05) is 0 Å². The summed E-state index contributed by atoms with van der Waals surface area (Å²) in [5, 5.41) is 3.46. The van der Waals surface area contributed by atoms with Gasteiger partial charge in [-0.2, -0.15) is 0 Å². The van der Waals surface area contributed by atoms with Gasteiger partial charge in [-0.15, -0.1) is 0 Å². The number of nitrogens with one attached hydrogen (secondary N) is 1. The molecule has 2 heterocycles. The minimum Gasteiger partial charge on any atom is -0.382 e. The highest BCUT2D eigenvalue weighted by molar-refractivity contribution is 5.75. The number of rotatable bonds is 2. The van der Waals surface area contributed by atoms with E-state index in [9.17, 15) is 0 Å². The fourth-order valence-electron chi connectivity index (χ4n) is 2.63. The number of piperidine rings is 1. The average Bonchev–Trinajstić information content (AvgIpc) is 2.40. The Morgan fingerprint density at radius 3 is 3.11 bits per heavy atom. The summed E-state index contributed by atoms with van der Waals surface area (Å²) < 4.78 is 0. The molecule has 0 amide bonds. The van der Waals surface area contributed by atoms with E-state index in [0.717, 1.165) is 29.9 Å². The van der Waals surface area contributed by atoms with E-state index >= 15 is 0 Å². The highest BCUT2D eigenvalue weighted by atomic mass is 14.9. The minimum absolute atomic E-state index is 0.478. The lowest BCUT2D eigenvalue weighted by atomic mass is 9.92. The fourth-order valence-corrected chi connectivity index (χ4v) is 2.63. The normalized spacial score (nSPS) is 20.1. The predicted octanol–water partition coefficient (Wildman–Crippen LogP) is 1.75. The van der Waals surface area contributed by atoms with Crippen LogP contribution in [0.5, 0.6) is 0 Å². The number of benzene rings is 1. The van der Waals surface area contributed by atoms with Crippen molar-refractivity contribution < 1.29 is 0 Å². The molecule has 1 fully saturated rings. The van der Waals surface area contributed by atoms with Crippen molar-refractivity contribution in [3.8, 4) is 0 Å². The van der Waals surface area contributed by atoms with Gasteiger partial charge in [0.15, 0.2) is 0 Å². The standard InChI is InChI=1S/C14H18N4/c15-14-9-17-13-7-10(3-4-12(13)18-14)6-11-2-1-5-16-8-11/h3-4,7,9,11,16H,1-2,5-6,8H2,(H2,15,18). The van der Waals surface area contributed by atoms with Gasteiger partial charge in [0.05, 0.1) is 17.2 Å². The van der Waals surface area contributed by atoms with Crippen LogP contribution in [0.25, 0.3) is 11.0 Å². The Kier molecular flexibility index (Phi) is 3.11. The van der Waals surface area contributed by atoms with Crippen molar-refractivity contribution in [1.82, 2.24) is 15.3 Å². The Morgan fingerprint density at radius 2 is 2.28 bits per heavy atom. The smallest absolute Gasteiger partial charge is 0.142 e. The van der Waals surface area contributed by atoms with E-state index in [-0.39, 0.29) is 0 Å². The molecule has 4 heteroatoms. The maximum absolute atomic E-state index is 5.63. The summed E-state index contributed by atoms with van der Waals surface area (Å²) >= 11 is 0. The summed E-state index contributed by atoms with van der Waals surface area (Å²) in [5.41, 5.74) is 8.78. The highest BCUT2D eigenvalue weighted by Gasteiger charge is 2.13. The second kappa shape index (κ2) is 4.90. The molecule has 1 aromatic heterocycles. The number of anilines is 1. The fraction of sp³-hybridized carbons (Fsp3) is 0.429. The van der Waals surface area contributed by atoms with Crippen LogP contribution in [0.3, 0.4) is 0 Å². The van der Waals surface area contributed by atoms with Crippen LogP contribution in [-0.4, -0.2) is 23.1 Å². The molecule has 1 atom stereocenters. The Morgan fingerprint density at radius 1 is 1.33 bits per heavy atom. The zero-order valence-electron chi connectivity index (χ0n) is 10.4. The van der Waals surface area contributed by atoms with Crippen LogP contribution < -0.4 is 11.1 Å². The van der Waals surface area contributed by atoms with Crippen LogP contribution in [0, 0.1) is 5.92 Å². The van der Waals surface area contributed by atoms with Gasteiger partial charge in [-0.05, 0) is 56.0 Å². The molecule has 3 N–H and O–H groups in total. The van der Waals surface area contributed by atoms with Crippen molar-refractivity contribution in [2.24, 2.45) is 5.92 Å². The lowest BCUT2D eigenvalue weighted by Crippen LogP contribution is -2.30. The van der Waals surface area contributed by atoms with Gasteiger partial charge >= 0.3 is 0 Å². The second-order valence-electron chi connectivity index (χ2n) is 5.03. The molecule has 1 aromatic carbocycles. The number of fused-ring (bicyclic) bond motifs is 1. The van der Waals surface area contributed by atoms with E-state index in [1.54, 1.807) is 6.20 Å². The van der Waals surface area contributed by atoms with Gasteiger partial charge < -0.3 is 11.1 Å². The highest BCUT2D eigenvalue weighted by Crippen LogP contribution is 2.19. The molecule has 2 aromatic rings. The Hall–Kier alpha value is -1.68. The molecule has 0 aliphatic carbocycles. The minimum atomic E-state index is 0.478. The monoisotopic (exact) mass is 242 g/mol. The van der Waals surface area contributed by atoms with Crippen molar-refractivity contribution in [2.45, 2.75) is 19.3 Å². The van der Waals surface area contributed by atoms with Crippen LogP contribution >= 0.6 is 0 Å². The van der Waals surface area contributed by atoms with E-state index in [1.165, 1.54) is 24.9 Å². The van der Waals surface area contributed by atoms with E-state index in [4.69, 9.17) is 5.73 Å². The first-order valence-corrected chi connectivity index (χ1v) is 6.53. The van der Waals surface area contributed by atoms with E-state index in [2.05, 4.69) is 27.4 Å². The number of hydrogen-bond donors (Lipinski definition) is 2. The topological polar surface area (TPSA) is 63.8 Å². The first-order chi connectivity index (χ1) is 8.81. The Labute approximate surface area is 107 Å². The number of nitrogens with zero attached hydrogens (tertiary/aromatic N) is 2. The third-order valence-corrected chi connectivity index (χ3v) is 3.55. The lowest BCUT2D eigenvalue weighted by Gasteiger charge is -2.22. The van der Waals surface area contributed by atoms with Crippen LogP contribution in [0.15, 0.2) is 24.4 Å². The largest absolute Gasteiger partial charge is 0.382 e. The molecule has 0 spiro atoms. The van der Waals surface area contributed by atoms with E-state index < -0.39 is 0 Å². The third-order valence-electron chi connectivity index (χ3n) is 3.55. The maximum atomic E-state index is 5.63. The van der Waals surface area contributed by atoms with E-state index in [0.29, 0.717) is 5.82 Å². The first kappa shape index (κ1) is 11.4. The molecule has 94 valence electrons. The lowest BCUT2D eigenvalue weighted by molar-refractivity contribution is 0.376. The summed E-state index contributed by atoms with van der Waals surface area (Å²) in [6, 6.07) is 6.30. The maximum Gasteiger partial charge on any atom is 0.142 e. The van der Waals surface area contributed by atoms with Crippen LogP contribution in [-0.2, 0) is 6.42 Å². The Balaban J connectivity index is 1.82.